The molecule has 16 heavy (non-hydrogen) atoms. The molecule has 0 amide bonds. The molecule has 0 N–H and O–H groups in total. The van der Waals surface area contributed by atoms with Gasteiger partial charge in [-0.25, -0.2) is 0 Å². The van der Waals surface area contributed by atoms with E-state index in [4.69, 9.17) is 4.74 Å². The summed E-state index contributed by atoms with van der Waals surface area (Å²) in [6.07, 6.45) is 7.00. The molecule has 2 aliphatic rings. The molecule has 0 saturated heterocycles. The molecular weight excluding hydrogens is 264 g/mol. The van der Waals surface area contributed by atoms with Gasteiger partial charge in [0.05, 0.1) is 0 Å². The molecule has 2 atom stereocenters. The number of hydrogen-bond acceptors (Lipinski definition) is 1. The summed E-state index contributed by atoms with van der Waals surface area (Å²) in [4.78, 5) is 0.677. The van der Waals surface area contributed by atoms with E-state index in [2.05, 4.69) is 28.1 Å². The first-order valence-corrected chi connectivity index (χ1v) is 7.09. The Bertz CT molecular complexity index is 356. The van der Waals surface area contributed by atoms with Crippen LogP contribution in [0.15, 0.2) is 30.3 Å². The van der Waals surface area contributed by atoms with E-state index in [1.165, 1.54) is 25.7 Å². The lowest BCUT2D eigenvalue weighted by Crippen LogP contribution is -2.55. The van der Waals surface area contributed by atoms with Crippen molar-refractivity contribution in [2.45, 2.75) is 43.0 Å². The van der Waals surface area contributed by atoms with E-state index in [1.807, 2.05) is 18.2 Å². The summed E-state index contributed by atoms with van der Waals surface area (Å²) < 4.78 is 6.13. The van der Waals surface area contributed by atoms with Gasteiger partial charge in [-0.3, -0.25) is 0 Å². The zero-order valence-corrected chi connectivity index (χ0v) is 10.9. The maximum absolute atomic E-state index is 6.13. The van der Waals surface area contributed by atoms with Crippen molar-refractivity contribution < 1.29 is 4.74 Å². The number of para-hydroxylation sites is 1. The minimum absolute atomic E-state index is 0.432. The third-order valence-corrected chi connectivity index (χ3v) is 5.53. The van der Waals surface area contributed by atoms with E-state index >= 15 is 0 Å². The van der Waals surface area contributed by atoms with Crippen LogP contribution < -0.4 is 4.74 Å². The number of alkyl halides is 1. The highest BCUT2D eigenvalue weighted by molar-refractivity contribution is 9.09. The standard InChI is InChI=1S/C14H17BrO/c15-12-10-13(14(12)8-4-5-9-14)16-11-6-2-1-3-7-11/h1-3,6-7,12-13H,4-5,8-10H2. The van der Waals surface area contributed by atoms with E-state index in [1.54, 1.807) is 0 Å². The van der Waals surface area contributed by atoms with E-state index in [0.717, 1.165) is 12.2 Å². The minimum Gasteiger partial charge on any atom is -0.490 e. The summed E-state index contributed by atoms with van der Waals surface area (Å²) in [6, 6.07) is 10.2. The Hall–Kier alpha value is -0.500. The van der Waals surface area contributed by atoms with Crippen molar-refractivity contribution in [3.05, 3.63) is 30.3 Å². The second-order valence-corrected chi connectivity index (χ2v) is 6.17. The van der Waals surface area contributed by atoms with Crippen molar-refractivity contribution in [1.82, 2.24) is 0 Å². The summed E-state index contributed by atoms with van der Waals surface area (Å²) in [5.41, 5.74) is 0.440. The normalized spacial score (nSPS) is 31.3. The van der Waals surface area contributed by atoms with E-state index in [9.17, 15) is 0 Å². The van der Waals surface area contributed by atoms with Crippen LogP contribution in [0.4, 0.5) is 0 Å². The van der Waals surface area contributed by atoms with Crippen LogP contribution in [-0.2, 0) is 0 Å². The highest BCUT2D eigenvalue weighted by atomic mass is 79.9. The topological polar surface area (TPSA) is 9.23 Å². The molecule has 0 aromatic heterocycles. The van der Waals surface area contributed by atoms with Crippen LogP contribution >= 0.6 is 15.9 Å². The second kappa shape index (κ2) is 4.06. The number of hydrogen-bond donors (Lipinski definition) is 0. The van der Waals surface area contributed by atoms with Crippen molar-refractivity contribution >= 4 is 15.9 Å². The zero-order valence-electron chi connectivity index (χ0n) is 9.36. The predicted octanol–water partition coefficient (Wildman–Crippen LogP) is 4.16. The lowest BCUT2D eigenvalue weighted by Gasteiger charge is -2.51. The summed E-state index contributed by atoms with van der Waals surface area (Å²) in [5.74, 6) is 1.03. The predicted molar refractivity (Wildman–Crippen MR) is 69.1 cm³/mol. The van der Waals surface area contributed by atoms with Gasteiger partial charge in [-0.2, -0.15) is 0 Å². The Balaban J connectivity index is 1.73. The third-order valence-electron chi connectivity index (χ3n) is 4.24. The Morgan fingerprint density at radius 3 is 2.44 bits per heavy atom. The lowest BCUT2D eigenvalue weighted by molar-refractivity contribution is -0.0303. The first-order chi connectivity index (χ1) is 7.81. The average molecular weight is 281 g/mol. The summed E-state index contributed by atoms with van der Waals surface area (Å²) in [6.45, 7) is 0. The van der Waals surface area contributed by atoms with Gasteiger partial charge in [0.15, 0.2) is 0 Å². The lowest BCUT2D eigenvalue weighted by atomic mass is 9.64. The van der Waals surface area contributed by atoms with E-state index in [-0.39, 0.29) is 0 Å². The quantitative estimate of drug-likeness (QED) is 0.739. The van der Waals surface area contributed by atoms with Crippen LogP contribution in [-0.4, -0.2) is 10.9 Å². The summed E-state index contributed by atoms with van der Waals surface area (Å²) in [7, 11) is 0. The molecule has 2 unspecified atom stereocenters. The molecule has 2 aliphatic carbocycles. The molecule has 3 rings (SSSR count). The van der Waals surface area contributed by atoms with Gasteiger partial charge in [0.1, 0.15) is 11.9 Å². The van der Waals surface area contributed by atoms with E-state index in [0.29, 0.717) is 16.3 Å². The van der Waals surface area contributed by atoms with Crippen LogP contribution in [0.5, 0.6) is 5.75 Å². The van der Waals surface area contributed by atoms with Gasteiger partial charge in [-0.1, -0.05) is 47.0 Å². The molecule has 86 valence electrons. The van der Waals surface area contributed by atoms with Crippen molar-refractivity contribution in [3.63, 3.8) is 0 Å². The Kier molecular flexibility index (Phi) is 2.70. The number of rotatable bonds is 2. The van der Waals surface area contributed by atoms with Gasteiger partial charge in [0.2, 0.25) is 0 Å². The molecule has 2 heteroatoms. The van der Waals surface area contributed by atoms with Crippen molar-refractivity contribution in [3.8, 4) is 5.75 Å². The molecule has 1 spiro atoms. The highest BCUT2D eigenvalue weighted by Gasteiger charge is 2.56. The fourth-order valence-corrected chi connectivity index (χ4v) is 4.29. The zero-order chi connectivity index (χ0) is 11.0. The minimum atomic E-state index is 0.432. The van der Waals surface area contributed by atoms with Crippen molar-refractivity contribution in [2.75, 3.05) is 0 Å². The van der Waals surface area contributed by atoms with Crippen LogP contribution in [0.3, 0.4) is 0 Å². The molecule has 0 heterocycles. The maximum atomic E-state index is 6.13. The van der Waals surface area contributed by atoms with Gasteiger partial charge in [0.25, 0.3) is 0 Å². The van der Waals surface area contributed by atoms with Gasteiger partial charge >= 0.3 is 0 Å². The number of benzene rings is 1. The molecule has 0 radical (unpaired) electrons. The van der Waals surface area contributed by atoms with Crippen molar-refractivity contribution in [2.24, 2.45) is 5.41 Å². The van der Waals surface area contributed by atoms with Crippen LogP contribution in [0.1, 0.15) is 32.1 Å². The van der Waals surface area contributed by atoms with Crippen LogP contribution in [0.2, 0.25) is 0 Å². The maximum Gasteiger partial charge on any atom is 0.119 e. The Labute approximate surface area is 105 Å². The molecule has 0 aliphatic heterocycles. The van der Waals surface area contributed by atoms with Crippen LogP contribution in [0.25, 0.3) is 0 Å². The summed E-state index contributed by atoms with van der Waals surface area (Å²) >= 11 is 3.82. The van der Waals surface area contributed by atoms with E-state index < -0.39 is 0 Å². The fourth-order valence-electron chi connectivity index (χ4n) is 3.20. The first kappa shape index (κ1) is 10.6. The molecule has 1 aromatic rings. The largest absolute Gasteiger partial charge is 0.490 e. The van der Waals surface area contributed by atoms with Gasteiger partial charge in [0, 0.05) is 10.2 Å². The van der Waals surface area contributed by atoms with Gasteiger partial charge in [-0.05, 0) is 31.4 Å². The molecule has 1 aromatic carbocycles. The monoisotopic (exact) mass is 280 g/mol. The molecule has 2 saturated carbocycles. The third kappa shape index (κ3) is 1.58. The second-order valence-electron chi connectivity index (χ2n) is 5.06. The molecular formula is C14H17BrO. The average Bonchev–Trinajstić information content (AvgIpc) is 2.82. The van der Waals surface area contributed by atoms with Crippen LogP contribution in [0, 0.1) is 5.41 Å². The SMILES string of the molecule is BrC1CC(Oc2ccccc2)C12CCCC2. The molecule has 2 fully saturated rings. The Morgan fingerprint density at radius 2 is 1.81 bits per heavy atom. The van der Waals surface area contributed by atoms with Gasteiger partial charge in [-0.15, -0.1) is 0 Å². The number of ether oxygens (including phenoxy) is 1. The smallest absolute Gasteiger partial charge is 0.119 e. The highest BCUT2D eigenvalue weighted by Crippen LogP contribution is 2.57. The number of halogens is 1. The van der Waals surface area contributed by atoms with Gasteiger partial charge < -0.3 is 4.74 Å². The Morgan fingerprint density at radius 1 is 1.12 bits per heavy atom. The summed E-state index contributed by atoms with van der Waals surface area (Å²) in [5, 5.41) is 0. The molecule has 0 bridgehead atoms. The fraction of sp³-hybridized carbons (Fsp3) is 0.571. The van der Waals surface area contributed by atoms with Crippen molar-refractivity contribution in [1.29, 1.82) is 0 Å². The first-order valence-electron chi connectivity index (χ1n) is 6.17. The molecule has 1 nitrogen and oxygen atoms in total.